The number of rotatable bonds is 5. The van der Waals surface area contributed by atoms with Gasteiger partial charge in [0.1, 0.15) is 17.2 Å². The van der Waals surface area contributed by atoms with Crippen molar-refractivity contribution >= 4 is 27.4 Å². The number of halogens is 1. The van der Waals surface area contributed by atoms with Crippen molar-refractivity contribution < 1.29 is 9.47 Å². The van der Waals surface area contributed by atoms with Crippen LogP contribution in [0.1, 0.15) is 25.7 Å². The summed E-state index contributed by atoms with van der Waals surface area (Å²) in [7, 11) is 3.32. The molecule has 136 valence electrons. The summed E-state index contributed by atoms with van der Waals surface area (Å²) in [4.78, 5) is 4.89. The molecule has 0 atom stereocenters. The Hall–Kier alpha value is -2.21. The van der Waals surface area contributed by atoms with Crippen molar-refractivity contribution in [3.63, 3.8) is 0 Å². The Bertz CT molecular complexity index is 932. The van der Waals surface area contributed by atoms with Crippen LogP contribution >= 0.6 is 15.9 Å². The third-order valence-electron chi connectivity index (χ3n) is 4.94. The second kappa shape index (κ2) is 7.19. The zero-order chi connectivity index (χ0) is 18.1. The minimum Gasteiger partial charge on any atom is -0.493 e. The van der Waals surface area contributed by atoms with Gasteiger partial charge in [0.25, 0.3) is 0 Å². The second-order valence-corrected chi connectivity index (χ2v) is 7.47. The Balaban J connectivity index is 1.91. The molecule has 0 bridgehead atoms. The molecule has 1 aliphatic carbocycles. The van der Waals surface area contributed by atoms with Gasteiger partial charge in [-0.15, -0.1) is 0 Å². The maximum atomic E-state index is 5.66. The van der Waals surface area contributed by atoms with Crippen LogP contribution in [0.15, 0.2) is 41.0 Å². The summed E-state index contributed by atoms with van der Waals surface area (Å²) in [5.41, 5.74) is 2.70. The lowest BCUT2D eigenvalue weighted by Crippen LogP contribution is -2.16. The van der Waals surface area contributed by atoms with Crippen molar-refractivity contribution in [1.29, 1.82) is 0 Å². The van der Waals surface area contributed by atoms with Crippen molar-refractivity contribution in [2.75, 3.05) is 19.5 Å². The van der Waals surface area contributed by atoms with E-state index in [1.54, 1.807) is 14.2 Å². The molecule has 1 fully saturated rings. The van der Waals surface area contributed by atoms with Gasteiger partial charge >= 0.3 is 0 Å². The fourth-order valence-corrected chi connectivity index (χ4v) is 4.02. The lowest BCUT2D eigenvalue weighted by atomic mass is 10.1. The van der Waals surface area contributed by atoms with Crippen LogP contribution in [0.25, 0.3) is 16.9 Å². The van der Waals surface area contributed by atoms with Crippen LogP contribution in [0.4, 0.5) is 5.82 Å². The minimum atomic E-state index is 0.476. The molecule has 0 saturated heterocycles. The number of hydrogen-bond acceptors (Lipinski definition) is 4. The summed E-state index contributed by atoms with van der Waals surface area (Å²) in [5, 5.41) is 3.73. The maximum absolute atomic E-state index is 5.66. The van der Waals surface area contributed by atoms with E-state index >= 15 is 0 Å². The largest absolute Gasteiger partial charge is 0.493 e. The number of methoxy groups -OCH3 is 2. The molecule has 2 heterocycles. The van der Waals surface area contributed by atoms with Gasteiger partial charge in [-0.1, -0.05) is 18.9 Å². The van der Waals surface area contributed by atoms with E-state index in [4.69, 9.17) is 14.5 Å². The van der Waals surface area contributed by atoms with E-state index in [9.17, 15) is 0 Å². The molecule has 0 radical (unpaired) electrons. The van der Waals surface area contributed by atoms with Crippen LogP contribution in [0.5, 0.6) is 11.5 Å². The fourth-order valence-electron chi connectivity index (χ4n) is 3.68. The number of imidazole rings is 1. The number of benzene rings is 1. The van der Waals surface area contributed by atoms with Gasteiger partial charge in [-0.3, -0.25) is 4.40 Å². The average Bonchev–Trinajstić information content (AvgIpc) is 3.29. The highest BCUT2D eigenvalue weighted by Gasteiger charge is 2.23. The lowest BCUT2D eigenvalue weighted by molar-refractivity contribution is 0.356. The van der Waals surface area contributed by atoms with E-state index in [-0.39, 0.29) is 0 Å². The Morgan fingerprint density at radius 3 is 2.65 bits per heavy atom. The molecule has 1 N–H and O–H groups in total. The van der Waals surface area contributed by atoms with Crippen molar-refractivity contribution in [2.45, 2.75) is 31.7 Å². The average molecular weight is 416 g/mol. The van der Waals surface area contributed by atoms with E-state index in [0.717, 1.165) is 27.2 Å². The Labute approximate surface area is 161 Å². The van der Waals surface area contributed by atoms with Crippen molar-refractivity contribution in [2.24, 2.45) is 0 Å². The highest BCUT2D eigenvalue weighted by atomic mass is 79.9. The quantitative estimate of drug-likeness (QED) is 0.626. The lowest BCUT2D eigenvalue weighted by Gasteiger charge is -2.16. The zero-order valence-corrected chi connectivity index (χ0v) is 16.5. The van der Waals surface area contributed by atoms with Gasteiger partial charge in [-0.2, -0.15) is 0 Å². The molecular formula is C20H22BrN3O2. The summed E-state index contributed by atoms with van der Waals surface area (Å²) in [6.45, 7) is 0. The predicted octanol–water partition coefficient (Wildman–Crippen LogP) is 5.14. The number of nitrogens with zero attached hydrogens (tertiary/aromatic N) is 2. The van der Waals surface area contributed by atoms with E-state index in [2.05, 4.69) is 31.8 Å². The molecule has 1 aromatic carbocycles. The molecule has 1 aliphatic rings. The highest BCUT2D eigenvalue weighted by molar-refractivity contribution is 9.10. The molecule has 0 spiro atoms. The number of aromatic nitrogens is 2. The van der Waals surface area contributed by atoms with Crippen molar-refractivity contribution in [1.82, 2.24) is 9.38 Å². The third-order valence-corrected chi connectivity index (χ3v) is 5.41. The first-order valence-electron chi connectivity index (χ1n) is 8.86. The van der Waals surface area contributed by atoms with Gasteiger partial charge < -0.3 is 14.8 Å². The molecule has 1 saturated carbocycles. The third kappa shape index (κ3) is 3.03. The van der Waals surface area contributed by atoms with E-state index in [1.165, 1.54) is 25.7 Å². The summed E-state index contributed by atoms with van der Waals surface area (Å²) >= 11 is 3.57. The topological polar surface area (TPSA) is 47.8 Å². The van der Waals surface area contributed by atoms with E-state index < -0.39 is 0 Å². The van der Waals surface area contributed by atoms with E-state index in [1.807, 2.05) is 30.3 Å². The normalized spacial score (nSPS) is 14.7. The monoisotopic (exact) mass is 415 g/mol. The summed E-state index contributed by atoms with van der Waals surface area (Å²) in [6, 6.07) is 10.4. The fraction of sp³-hybridized carbons (Fsp3) is 0.350. The first-order chi connectivity index (χ1) is 12.7. The first kappa shape index (κ1) is 17.2. The Morgan fingerprint density at radius 1 is 1.12 bits per heavy atom. The summed E-state index contributed by atoms with van der Waals surface area (Å²) < 4.78 is 14.3. The molecule has 3 aromatic rings. The molecule has 0 unspecified atom stereocenters. The molecule has 0 amide bonds. The van der Waals surface area contributed by atoms with Crippen LogP contribution in [0.3, 0.4) is 0 Å². The maximum Gasteiger partial charge on any atom is 0.170 e. The number of para-hydroxylation sites is 1. The SMILES string of the molecule is COc1cccc(-c2nc3ccc(Br)cn3c2NC2CCCC2)c1OC. The van der Waals surface area contributed by atoms with Crippen LogP contribution in [-0.2, 0) is 0 Å². The number of fused-ring (bicyclic) bond motifs is 1. The van der Waals surface area contributed by atoms with Crippen molar-refractivity contribution in [3.05, 3.63) is 41.0 Å². The molecule has 2 aromatic heterocycles. The first-order valence-corrected chi connectivity index (χ1v) is 9.66. The van der Waals surface area contributed by atoms with Crippen LogP contribution in [0, 0.1) is 0 Å². The standard InChI is InChI=1S/C20H22BrN3O2/c1-25-16-9-5-8-15(19(16)26-2)18-20(22-14-6-3-4-7-14)24-12-13(21)10-11-17(24)23-18/h5,8-12,14,22H,3-4,6-7H2,1-2H3. The van der Waals surface area contributed by atoms with Gasteiger partial charge in [0.05, 0.1) is 14.2 Å². The smallest absolute Gasteiger partial charge is 0.170 e. The minimum absolute atomic E-state index is 0.476. The van der Waals surface area contributed by atoms with Gasteiger partial charge in [-0.05, 0) is 53.0 Å². The van der Waals surface area contributed by atoms with Crippen LogP contribution < -0.4 is 14.8 Å². The Morgan fingerprint density at radius 2 is 1.92 bits per heavy atom. The van der Waals surface area contributed by atoms with Crippen molar-refractivity contribution in [3.8, 4) is 22.8 Å². The number of nitrogens with one attached hydrogen (secondary N) is 1. The Kier molecular flexibility index (Phi) is 4.76. The van der Waals surface area contributed by atoms with Gasteiger partial charge in [0.2, 0.25) is 0 Å². The van der Waals surface area contributed by atoms with Crippen LogP contribution in [-0.4, -0.2) is 29.6 Å². The number of ether oxygens (including phenoxy) is 2. The zero-order valence-electron chi connectivity index (χ0n) is 15.0. The molecular weight excluding hydrogens is 394 g/mol. The summed E-state index contributed by atoms with van der Waals surface area (Å²) in [5.74, 6) is 2.40. The van der Waals surface area contributed by atoms with Crippen LogP contribution in [0.2, 0.25) is 0 Å². The molecule has 0 aliphatic heterocycles. The molecule has 4 rings (SSSR count). The summed E-state index contributed by atoms with van der Waals surface area (Å²) in [6.07, 6.45) is 6.98. The number of anilines is 1. The van der Waals surface area contributed by atoms with Gasteiger partial charge in [-0.25, -0.2) is 4.98 Å². The number of hydrogen-bond donors (Lipinski definition) is 1. The van der Waals surface area contributed by atoms with E-state index in [0.29, 0.717) is 17.5 Å². The van der Waals surface area contributed by atoms with Gasteiger partial charge in [0.15, 0.2) is 11.5 Å². The molecule has 6 heteroatoms. The number of pyridine rings is 1. The molecule has 5 nitrogen and oxygen atoms in total. The second-order valence-electron chi connectivity index (χ2n) is 6.55. The van der Waals surface area contributed by atoms with Gasteiger partial charge in [0, 0.05) is 22.3 Å². The molecule has 26 heavy (non-hydrogen) atoms. The predicted molar refractivity (Wildman–Crippen MR) is 107 cm³/mol. The highest BCUT2D eigenvalue weighted by Crippen LogP contribution is 2.41.